The summed E-state index contributed by atoms with van der Waals surface area (Å²) < 4.78 is 27.0. The standard InChI is InChI=1S/C21H26N2O2S2/c1-17-2-4-18(5-3-17)10-15-27(24,25)23-12-6-20(7-13-23)22-11-8-21-19(16-22)9-14-26-21/h2-5,9-10,14-15,20H,6-8,11-13,16H2,1H3/b15-10+. The topological polar surface area (TPSA) is 40.6 Å². The van der Waals surface area contributed by atoms with Crippen LogP contribution in [-0.4, -0.2) is 43.3 Å². The number of thiophene rings is 1. The molecule has 4 nitrogen and oxygen atoms in total. The Bertz CT molecular complexity index is 908. The number of sulfonamides is 1. The van der Waals surface area contributed by atoms with E-state index in [-0.39, 0.29) is 0 Å². The molecule has 2 aliphatic rings. The maximum absolute atomic E-state index is 12.7. The molecule has 27 heavy (non-hydrogen) atoms. The normalized spacial score (nSPS) is 20.2. The van der Waals surface area contributed by atoms with Crippen molar-refractivity contribution >= 4 is 27.4 Å². The highest BCUT2D eigenvalue weighted by atomic mass is 32.2. The van der Waals surface area contributed by atoms with E-state index in [1.165, 1.54) is 21.4 Å². The van der Waals surface area contributed by atoms with Gasteiger partial charge in [-0.25, -0.2) is 8.42 Å². The Balaban J connectivity index is 1.35. The van der Waals surface area contributed by atoms with Crippen molar-refractivity contribution in [1.29, 1.82) is 0 Å². The summed E-state index contributed by atoms with van der Waals surface area (Å²) >= 11 is 1.86. The van der Waals surface area contributed by atoms with Crippen LogP contribution < -0.4 is 0 Å². The molecule has 144 valence electrons. The summed E-state index contributed by atoms with van der Waals surface area (Å²) in [7, 11) is -3.35. The number of hydrogen-bond donors (Lipinski definition) is 0. The summed E-state index contributed by atoms with van der Waals surface area (Å²) in [5, 5.41) is 3.54. The van der Waals surface area contributed by atoms with Crippen molar-refractivity contribution in [3.63, 3.8) is 0 Å². The van der Waals surface area contributed by atoms with Crippen LogP contribution in [0.15, 0.2) is 41.1 Å². The van der Waals surface area contributed by atoms with E-state index in [4.69, 9.17) is 0 Å². The van der Waals surface area contributed by atoms with E-state index in [2.05, 4.69) is 16.3 Å². The molecule has 0 aliphatic carbocycles. The van der Waals surface area contributed by atoms with Gasteiger partial charge in [0.25, 0.3) is 0 Å². The first-order chi connectivity index (χ1) is 13.0. The van der Waals surface area contributed by atoms with Gasteiger partial charge in [0, 0.05) is 42.5 Å². The third-order valence-electron chi connectivity index (χ3n) is 5.65. The molecule has 2 aliphatic heterocycles. The second-order valence-electron chi connectivity index (χ2n) is 7.48. The van der Waals surface area contributed by atoms with Gasteiger partial charge < -0.3 is 0 Å². The molecule has 0 N–H and O–H groups in total. The number of hydrogen-bond acceptors (Lipinski definition) is 4. The minimum Gasteiger partial charge on any atom is -0.296 e. The Hall–Kier alpha value is -1.47. The molecular formula is C21H26N2O2S2. The molecule has 0 radical (unpaired) electrons. The predicted molar refractivity (Wildman–Crippen MR) is 112 cm³/mol. The van der Waals surface area contributed by atoms with Crippen molar-refractivity contribution in [2.24, 2.45) is 0 Å². The van der Waals surface area contributed by atoms with Crippen LogP contribution in [-0.2, 0) is 23.0 Å². The van der Waals surface area contributed by atoms with Gasteiger partial charge >= 0.3 is 0 Å². The molecule has 3 heterocycles. The fraction of sp³-hybridized carbons (Fsp3) is 0.429. The second kappa shape index (κ2) is 7.87. The number of fused-ring (bicyclic) bond motifs is 1. The Labute approximate surface area is 166 Å². The lowest BCUT2D eigenvalue weighted by atomic mass is 10.0. The Morgan fingerprint density at radius 3 is 2.56 bits per heavy atom. The third kappa shape index (κ3) is 4.35. The summed E-state index contributed by atoms with van der Waals surface area (Å²) in [6.07, 6.45) is 4.66. The lowest BCUT2D eigenvalue weighted by molar-refractivity contribution is 0.127. The van der Waals surface area contributed by atoms with Crippen molar-refractivity contribution in [2.45, 2.75) is 38.8 Å². The molecular weight excluding hydrogens is 376 g/mol. The number of piperidine rings is 1. The summed E-state index contributed by atoms with van der Waals surface area (Å²) in [5.74, 6) is 0. The lowest BCUT2D eigenvalue weighted by Gasteiger charge is -2.39. The molecule has 1 aromatic heterocycles. The maximum atomic E-state index is 12.7. The summed E-state index contributed by atoms with van der Waals surface area (Å²) in [4.78, 5) is 4.06. The molecule has 1 aromatic carbocycles. The van der Waals surface area contributed by atoms with Crippen LogP contribution >= 0.6 is 11.3 Å². The molecule has 1 fully saturated rings. The van der Waals surface area contributed by atoms with Crippen LogP contribution in [0.25, 0.3) is 6.08 Å². The van der Waals surface area contributed by atoms with Crippen molar-refractivity contribution in [3.05, 3.63) is 62.7 Å². The van der Waals surface area contributed by atoms with E-state index in [1.807, 2.05) is 42.5 Å². The van der Waals surface area contributed by atoms with Gasteiger partial charge in [0.1, 0.15) is 0 Å². The zero-order valence-electron chi connectivity index (χ0n) is 15.7. The number of rotatable bonds is 4. The van der Waals surface area contributed by atoms with Crippen molar-refractivity contribution in [1.82, 2.24) is 9.21 Å². The van der Waals surface area contributed by atoms with E-state index in [0.717, 1.165) is 37.9 Å². The van der Waals surface area contributed by atoms with Crippen LogP contribution in [0.2, 0.25) is 0 Å². The molecule has 0 saturated carbocycles. The van der Waals surface area contributed by atoms with E-state index in [9.17, 15) is 8.42 Å². The van der Waals surface area contributed by atoms with Gasteiger partial charge in [-0.05, 0) is 54.8 Å². The van der Waals surface area contributed by atoms with Gasteiger partial charge in [-0.3, -0.25) is 4.90 Å². The zero-order valence-corrected chi connectivity index (χ0v) is 17.3. The van der Waals surface area contributed by atoms with Gasteiger partial charge in [-0.1, -0.05) is 29.8 Å². The van der Waals surface area contributed by atoms with E-state index < -0.39 is 10.0 Å². The highest BCUT2D eigenvalue weighted by Gasteiger charge is 2.31. The van der Waals surface area contributed by atoms with Crippen LogP contribution in [0.1, 0.15) is 34.4 Å². The average Bonchev–Trinajstić information content (AvgIpc) is 3.15. The summed E-state index contributed by atoms with van der Waals surface area (Å²) in [6, 6.07) is 10.6. The first-order valence-corrected chi connectivity index (χ1v) is 11.9. The molecule has 4 rings (SSSR count). The fourth-order valence-electron chi connectivity index (χ4n) is 3.97. The monoisotopic (exact) mass is 402 g/mol. The predicted octanol–water partition coefficient (Wildman–Crippen LogP) is 3.88. The molecule has 0 unspecified atom stereocenters. The molecule has 2 aromatic rings. The summed E-state index contributed by atoms with van der Waals surface area (Å²) in [6.45, 7) is 5.36. The maximum Gasteiger partial charge on any atom is 0.236 e. The van der Waals surface area contributed by atoms with E-state index >= 15 is 0 Å². The van der Waals surface area contributed by atoms with Crippen LogP contribution in [0.5, 0.6) is 0 Å². The fourth-order valence-corrected chi connectivity index (χ4v) is 6.08. The van der Waals surface area contributed by atoms with Crippen LogP contribution in [0.4, 0.5) is 0 Å². The van der Waals surface area contributed by atoms with Gasteiger partial charge in [-0.2, -0.15) is 4.31 Å². The minimum atomic E-state index is -3.35. The van der Waals surface area contributed by atoms with Crippen molar-refractivity contribution < 1.29 is 8.42 Å². The molecule has 0 bridgehead atoms. The van der Waals surface area contributed by atoms with Crippen molar-refractivity contribution in [3.8, 4) is 0 Å². The Morgan fingerprint density at radius 1 is 1.07 bits per heavy atom. The first kappa shape index (κ1) is 18.9. The molecule has 6 heteroatoms. The van der Waals surface area contributed by atoms with Gasteiger partial charge in [0.2, 0.25) is 10.0 Å². The molecule has 1 saturated heterocycles. The summed E-state index contributed by atoms with van der Waals surface area (Å²) in [5.41, 5.74) is 3.55. The van der Waals surface area contributed by atoms with Gasteiger partial charge in [0.05, 0.1) is 0 Å². The largest absolute Gasteiger partial charge is 0.296 e. The number of nitrogens with zero attached hydrogens (tertiary/aromatic N) is 2. The Morgan fingerprint density at radius 2 is 1.81 bits per heavy atom. The molecule has 0 amide bonds. The average molecular weight is 403 g/mol. The second-order valence-corrected chi connectivity index (χ2v) is 10.3. The Kier molecular flexibility index (Phi) is 5.50. The smallest absolute Gasteiger partial charge is 0.236 e. The minimum absolute atomic E-state index is 0.491. The third-order valence-corrected chi connectivity index (χ3v) is 8.23. The van der Waals surface area contributed by atoms with E-state index in [1.54, 1.807) is 10.4 Å². The highest BCUT2D eigenvalue weighted by Crippen LogP contribution is 2.28. The molecule has 0 spiro atoms. The number of benzene rings is 1. The zero-order chi connectivity index (χ0) is 18.9. The lowest BCUT2D eigenvalue weighted by Crippen LogP contribution is -2.47. The van der Waals surface area contributed by atoms with Gasteiger partial charge in [0.15, 0.2) is 0 Å². The number of aryl methyl sites for hydroxylation is 1. The van der Waals surface area contributed by atoms with Crippen LogP contribution in [0.3, 0.4) is 0 Å². The van der Waals surface area contributed by atoms with E-state index in [0.29, 0.717) is 19.1 Å². The van der Waals surface area contributed by atoms with Crippen molar-refractivity contribution in [2.75, 3.05) is 19.6 Å². The quantitative estimate of drug-likeness (QED) is 0.779. The first-order valence-electron chi connectivity index (χ1n) is 9.55. The van der Waals surface area contributed by atoms with Gasteiger partial charge in [-0.15, -0.1) is 11.3 Å². The SMILES string of the molecule is Cc1ccc(/C=C/S(=O)(=O)N2CCC(N3CCc4sccc4C3)CC2)cc1. The van der Waals surface area contributed by atoms with Crippen LogP contribution in [0, 0.1) is 6.92 Å². The highest BCUT2D eigenvalue weighted by molar-refractivity contribution is 7.92. The molecule has 0 atom stereocenters.